The molecular formula is C16H23F2NO2. The van der Waals surface area contributed by atoms with E-state index in [0.29, 0.717) is 5.92 Å². The molecule has 0 aliphatic carbocycles. The van der Waals surface area contributed by atoms with Gasteiger partial charge in [0.05, 0.1) is 0 Å². The number of benzene rings is 1. The molecule has 0 bridgehead atoms. The quantitative estimate of drug-likeness (QED) is 0.834. The third-order valence-electron chi connectivity index (χ3n) is 3.14. The van der Waals surface area contributed by atoms with Crippen molar-refractivity contribution in [3.8, 4) is 5.75 Å². The lowest BCUT2D eigenvalue weighted by atomic mass is 10.0. The lowest BCUT2D eigenvalue weighted by Crippen LogP contribution is -2.41. The molecule has 1 rings (SSSR count). The third kappa shape index (κ3) is 6.10. The lowest BCUT2D eigenvalue weighted by molar-refractivity contribution is -0.127. The van der Waals surface area contributed by atoms with Crippen LogP contribution in [0.15, 0.2) is 18.2 Å². The Bertz CT molecular complexity index is 477. The summed E-state index contributed by atoms with van der Waals surface area (Å²) in [5.41, 5.74) is 0. The fraction of sp³-hybridized carbons (Fsp3) is 0.562. The zero-order valence-corrected chi connectivity index (χ0v) is 13.0. The normalized spacial score (nSPS) is 13.9. The summed E-state index contributed by atoms with van der Waals surface area (Å²) in [4.78, 5) is 12.0. The van der Waals surface area contributed by atoms with Crippen LogP contribution in [0.4, 0.5) is 8.78 Å². The molecule has 1 N–H and O–H groups in total. The van der Waals surface area contributed by atoms with E-state index in [2.05, 4.69) is 19.2 Å². The molecule has 1 aromatic rings. The maximum atomic E-state index is 13.1. The number of nitrogens with one attached hydrogen (secondary N) is 1. The van der Waals surface area contributed by atoms with Crippen molar-refractivity contribution in [1.29, 1.82) is 0 Å². The van der Waals surface area contributed by atoms with Crippen LogP contribution in [-0.2, 0) is 4.79 Å². The highest BCUT2D eigenvalue weighted by Gasteiger charge is 2.17. The predicted octanol–water partition coefficient (Wildman–Crippen LogP) is 3.67. The Morgan fingerprint density at radius 1 is 1.14 bits per heavy atom. The Morgan fingerprint density at radius 2 is 1.81 bits per heavy atom. The highest BCUT2D eigenvalue weighted by molar-refractivity contribution is 5.80. The van der Waals surface area contributed by atoms with Crippen LogP contribution in [0, 0.1) is 17.6 Å². The molecule has 21 heavy (non-hydrogen) atoms. The Morgan fingerprint density at radius 3 is 2.38 bits per heavy atom. The average Bonchev–Trinajstić information content (AvgIpc) is 2.40. The van der Waals surface area contributed by atoms with E-state index in [1.807, 2.05) is 6.92 Å². The van der Waals surface area contributed by atoms with Gasteiger partial charge in [-0.2, -0.15) is 0 Å². The number of halogens is 2. The molecule has 0 spiro atoms. The molecule has 1 aromatic carbocycles. The zero-order chi connectivity index (χ0) is 16.0. The summed E-state index contributed by atoms with van der Waals surface area (Å²) in [5.74, 6) is -1.49. The summed E-state index contributed by atoms with van der Waals surface area (Å²) < 4.78 is 31.2. The van der Waals surface area contributed by atoms with Crippen LogP contribution in [-0.4, -0.2) is 18.1 Å². The van der Waals surface area contributed by atoms with Gasteiger partial charge in [-0.25, -0.2) is 8.78 Å². The highest BCUT2D eigenvalue weighted by Crippen LogP contribution is 2.17. The number of hydrogen-bond acceptors (Lipinski definition) is 2. The molecule has 0 saturated heterocycles. The Hall–Kier alpha value is -1.65. The summed E-state index contributed by atoms with van der Waals surface area (Å²) in [6.45, 7) is 7.77. The van der Waals surface area contributed by atoms with Gasteiger partial charge in [0.15, 0.2) is 17.7 Å². The van der Waals surface area contributed by atoms with Crippen LogP contribution < -0.4 is 10.1 Å². The fourth-order valence-corrected chi connectivity index (χ4v) is 1.82. The van der Waals surface area contributed by atoms with Crippen LogP contribution in [0.25, 0.3) is 0 Å². The maximum Gasteiger partial charge on any atom is 0.260 e. The highest BCUT2D eigenvalue weighted by atomic mass is 19.2. The van der Waals surface area contributed by atoms with Gasteiger partial charge in [0.2, 0.25) is 0 Å². The summed E-state index contributed by atoms with van der Waals surface area (Å²) in [7, 11) is 0. The van der Waals surface area contributed by atoms with Crippen LogP contribution in [0.2, 0.25) is 0 Å². The van der Waals surface area contributed by atoms with Gasteiger partial charge in [0, 0.05) is 12.1 Å². The number of carbonyl (C=O) groups is 1. The lowest BCUT2D eigenvalue weighted by Gasteiger charge is -2.19. The smallest absolute Gasteiger partial charge is 0.260 e. The second kappa shape index (κ2) is 7.96. The minimum Gasteiger partial charge on any atom is -0.481 e. The van der Waals surface area contributed by atoms with Crippen molar-refractivity contribution in [3.63, 3.8) is 0 Å². The van der Waals surface area contributed by atoms with E-state index in [4.69, 9.17) is 4.74 Å². The monoisotopic (exact) mass is 299 g/mol. The van der Waals surface area contributed by atoms with Crippen LogP contribution in [0.1, 0.15) is 40.5 Å². The van der Waals surface area contributed by atoms with Gasteiger partial charge in [0.25, 0.3) is 5.91 Å². The van der Waals surface area contributed by atoms with Crippen LogP contribution >= 0.6 is 0 Å². The molecule has 0 radical (unpaired) electrons. The molecular weight excluding hydrogens is 276 g/mol. The van der Waals surface area contributed by atoms with Crippen molar-refractivity contribution < 1.29 is 18.3 Å². The van der Waals surface area contributed by atoms with Gasteiger partial charge in [-0.3, -0.25) is 4.79 Å². The molecule has 0 fully saturated rings. The third-order valence-corrected chi connectivity index (χ3v) is 3.14. The van der Waals surface area contributed by atoms with Crippen molar-refractivity contribution >= 4 is 5.91 Å². The van der Waals surface area contributed by atoms with Crippen molar-refractivity contribution in [3.05, 3.63) is 29.8 Å². The van der Waals surface area contributed by atoms with Crippen LogP contribution in [0.5, 0.6) is 5.75 Å². The number of hydrogen-bond donors (Lipinski definition) is 1. The fourth-order valence-electron chi connectivity index (χ4n) is 1.82. The Balaban J connectivity index is 2.48. The number of amides is 1. The van der Waals surface area contributed by atoms with E-state index < -0.39 is 17.7 Å². The topological polar surface area (TPSA) is 38.3 Å². The summed E-state index contributed by atoms with van der Waals surface area (Å²) in [5, 5.41) is 2.85. The minimum absolute atomic E-state index is 0.0518. The first-order valence-corrected chi connectivity index (χ1v) is 7.21. The molecule has 0 heterocycles. The summed E-state index contributed by atoms with van der Waals surface area (Å²) in [6.07, 6.45) is 1.15. The molecule has 118 valence electrons. The van der Waals surface area contributed by atoms with Crippen LogP contribution in [0.3, 0.4) is 0 Å². The molecule has 2 atom stereocenters. The largest absolute Gasteiger partial charge is 0.481 e. The molecule has 3 nitrogen and oxygen atoms in total. The van der Waals surface area contributed by atoms with Gasteiger partial charge < -0.3 is 10.1 Å². The first kappa shape index (κ1) is 17.4. The van der Waals surface area contributed by atoms with E-state index in [1.54, 1.807) is 6.92 Å². The Labute approximate surface area is 124 Å². The van der Waals surface area contributed by atoms with E-state index in [0.717, 1.165) is 25.0 Å². The van der Waals surface area contributed by atoms with Crippen molar-refractivity contribution in [1.82, 2.24) is 5.32 Å². The first-order valence-electron chi connectivity index (χ1n) is 7.21. The molecule has 1 amide bonds. The summed E-state index contributed by atoms with van der Waals surface area (Å²) in [6, 6.07) is 3.25. The van der Waals surface area contributed by atoms with E-state index in [-0.39, 0.29) is 17.7 Å². The predicted molar refractivity (Wildman–Crippen MR) is 78.1 cm³/mol. The molecule has 0 aliphatic rings. The average molecular weight is 299 g/mol. The molecule has 0 aliphatic heterocycles. The maximum absolute atomic E-state index is 13.1. The Kier molecular flexibility index (Phi) is 6.59. The zero-order valence-electron chi connectivity index (χ0n) is 13.0. The number of ether oxygens (including phenoxy) is 1. The van der Waals surface area contributed by atoms with Gasteiger partial charge in [-0.15, -0.1) is 0 Å². The van der Waals surface area contributed by atoms with E-state index in [1.165, 1.54) is 6.07 Å². The first-order chi connectivity index (χ1) is 9.79. The summed E-state index contributed by atoms with van der Waals surface area (Å²) >= 11 is 0. The van der Waals surface area contributed by atoms with E-state index >= 15 is 0 Å². The van der Waals surface area contributed by atoms with Gasteiger partial charge in [-0.05, 0) is 44.7 Å². The molecule has 0 aromatic heterocycles. The van der Waals surface area contributed by atoms with Crippen molar-refractivity contribution in [2.45, 2.75) is 52.7 Å². The van der Waals surface area contributed by atoms with Gasteiger partial charge in [0.1, 0.15) is 5.75 Å². The van der Waals surface area contributed by atoms with Crippen molar-refractivity contribution in [2.24, 2.45) is 5.92 Å². The van der Waals surface area contributed by atoms with Gasteiger partial charge in [-0.1, -0.05) is 13.8 Å². The van der Waals surface area contributed by atoms with E-state index in [9.17, 15) is 13.6 Å². The second-order valence-electron chi connectivity index (χ2n) is 5.72. The van der Waals surface area contributed by atoms with Crippen molar-refractivity contribution in [2.75, 3.05) is 0 Å². The minimum atomic E-state index is -0.995. The standard InChI is InChI=1S/C16H23F2NO2/c1-10(2)5-6-11(3)19-16(20)12(4)21-13-7-8-14(17)15(18)9-13/h7-12H,5-6H2,1-4H3,(H,19,20). The molecule has 0 saturated carbocycles. The van der Waals surface area contributed by atoms with Gasteiger partial charge >= 0.3 is 0 Å². The SMILES string of the molecule is CC(C)CCC(C)NC(=O)C(C)Oc1ccc(F)c(F)c1. The molecule has 2 unspecified atom stereocenters. The number of rotatable bonds is 7. The second-order valence-corrected chi connectivity index (χ2v) is 5.72. The number of carbonyl (C=O) groups excluding carboxylic acids is 1. The molecule has 5 heteroatoms.